The van der Waals surface area contributed by atoms with Gasteiger partial charge in [-0.3, -0.25) is 44.3 Å². The molecule has 0 saturated carbocycles. The number of hydrogen-bond donors (Lipinski definition) is 3. The van der Waals surface area contributed by atoms with E-state index < -0.39 is 18.2 Å². The number of Topliss-reactive ketones (excluding diaryl/α,β-unsaturated/α-hetero) is 1. The average Bonchev–Trinajstić information content (AvgIpc) is 3.48. The second-order valence-corrected chi connectivity index (χ2v) is 14.8. The van der Waals surface area contributed by atoms with Crippen molar-refractivity contribution in [2.45, 2.75) is 64.1 Å². The van der Waals surface area contributed by atoms with Gasteiger partial charge in [0, 0.05) is 58.6 Å². The largest absolute Gasteiger partial charge is 0.469 e. The van der Waals surface area contributed by atoms with Crippen molar-refractivity contribution >= 4 is 68.1 Å². The number of pyridine rings is 2. The number of benzodiazepines with no additional fused rings is 2. The smallest absolute Gasteiger partial charge is 0.305 e. The van der Waals surface area contributed by atoms with Crippen LogP contribution in [0.25, 0.3) is 0 Å². The van der Waals surface area contributed by atoms with Crippen LogP contribution in [0, 0.1) is 0 Å². The number of ketones is 1. The van der Waals surface area contributed by atoms with Gasteiger partial charge in [-0.1, -0.05) is 34.1 Å². The predicted octanol–water partition coefficient (Wildman–Crippen LogP) is 5.79. The summed E-state index contributed by atoms with van der Waals surface area (Å²) in [5, 5.41) is 16.9. The van der Waals surface area contributed by atoms with Crippen LogP contribution in [0.1, 0.15) is 67.6 Å². The van der Waals surface area contributed by atoms with Gasteiger partial charge in [0.1, 0.15) is 23.8 Å². The lowest BCUT2D eigenvalue weighted by atomic mass is 10.00. The highest BCUT2D eigenvalue weighted by atomic mass is 79.9. The van der Waals surface area contributed by atoms with E-state index in [1.54, 1.807) is 19.3 Å². The zero-order valence-electron chi connectivity index (χ0n) is 32.5. The maximum absolute atomic E-state index is 13.3. The summed E-state index contributed by atoms with van der Waals surface area (Å²) in [4.78, 5) is 65.9. The number of nitrogens with one attached hydrogen (secondary N) is 2. The van der Waals surface area contributed by atoms with E-state index in [4.69, 9.17) is 19.5 Å². The number of aliphatic hydroxyl groups is 1. The van der Waals surface area contributed by atoms with Gasteiger partial charge >= 0.3 is 11.9 Å². The molecular formula is C43H45BrN8O6. The number of anilines is 2. The molecule has 3 N–H and O–H groups in total. The van der Waals surface area contributed by atoms with Gasteiger partial charge in [0.15, 0.2) is 5.78 Å². The van der Waals surface area contributed by atoms with E-state index >= 15 is 0 Å². The maximum Gasteiger partial charge on any atom is 0.305 e. The molecule has 2 aromatic heterocycles. The molecule has 300 valence electrons. The van der Waals surface area contributed by atoms with Crippen molar-refractivity contribution in [3.05, 3.63) is 118 Å². The normalized spacial score (nSPS) is 17.9. The van der Waals surface area contributed by atoms with Crippen molar-refractivity contribution in [2.24, 2.45) is 20.0 Å². The van der Waals surface area contributed by atoms with E-state index in [0.717, 1.165) is 26.9 Å². The van der Waals surface area contributed by atoms with Crippen molar-refractivity contribution < 1.29 is 29.0 Å². The number of aliphatic hydroxyl groups excluding tert-OH is 1. The number of aliphatic imine (C=N–C) groups is 4. The number of benzene rings is 2. The molecule has 0 spiro atoms. The minimum absolute atomic E-state index is 0.0408. The van der Waals surface area contributed by atoms with Gasteiger partial charge in [0.05, 0.1) is 55.7 Å². The van der Waals surface area contributed by atoms with Crippen molar-refractivity contribution in [1.29, 1.82) is 0 Å². The molecule has 0 aliphatic carbocycles. The molecule has 0 saturated heterocycles. The molecule has 2 aromatic carbocycles. The molecule has 6 rings (SSSR count). The molecule has 2 aliphatic rings. The Labute approximate surface area is 345 Å². The van der Waals surface area contributed by atoms with Crippen LogP contribution in [0.2, 0.25) is 0 Å². The zero-order chi connectivity index (χ0) is 41.0. The summed E-state index contributed by atoms with van der Waals surface area (Å²) in [6.07, 6.45) is 3.92. The van der Waals surface area contributed by atoms with Crippen molar-refractivity contribution in [2.75, 3.05) is 37.4 Å². The van der Waals surface area contributed by atoms with Crippen molar-refractivity contribution in [3.63, 3.8) is 0 Å². The van der Waals surface area contributed by atoms with Crippen LogP contribution in [-0.2, 0) is 30.3 Å². The third-order valence-corrected chi connectivity index (χ3v) is 9.73. The highest BCUT2D eigenvalue weighted by Gasteiger charge is 2.28. The summed E-state index contributed by atoms with van der Waals surface area (Å²) in [7, 11) is 1.34. The molecule has 2 aliphatic heterocycles. The second-order valence-electron chi connectivity index (χ2n) is 13.8. The fraction of sp³-hybridized carbons (Fsp3) is 0.326. The fourth-order valence-electron chi connectivity index (χ4n) is 6.39. The number of hydrogen-bond acceptors (Lipinski definition) is 12. The summed E-state index contributed by atoms with van der Waals surface area (Å²) in [5.41, 5.74) is 6.50. The highest BCUT2D eigenvalue weighted by molar-refractivity contribution is 9.10. The Balaban J connectivity index is 1.20. The van der Waals surface area contributed by atoms with Gasteiger partial charge in [-0.2, -0.15) is 0 Å². The van der Waals surface area contributed by atoms with E-state index in [-0.39, 0.29) is 50.3 Å². The monoisotopic (exact) mass is 848 g/mol. The van der Waals surface area contributed by atoms with E-state index in [9.17, 15) is 19.5 Å². The highest BCUT2D eigenvalue weighted by Crippen LogP contribution is 2.30. The molecule has 0 unspecified atom stereocenters. The molecule has 0 radical (unpaired) electrons. The number of amidine groups is 2. The molecule has 4 heterocycles. The number of carbonyl (C=O) groups excluding carboxylic acids is 3. The minimum atomic E-state index is -0.670. The Morgan fingerprint density at radius 3 is 1.97 bits per heavy atom. The van der Waals surface area contributed by atoms with Crippen LogP contribution in [-0.4, -0.2) is 101 Å². The Morgan fingerprint density at radius 1 is 0.810 bits per heavy atom. The fourth-order valence-corrected chi connectivity index (χ4v) is 6.75. The van der Waals surface area contributed by atoms with E-state index in [2.05, 4.69) is 46.5 Å². The maximum atomic E-state index is 13.3. The van der Waals surface area contributed by atoms with Crippen LogP contribution in [0.4, 0.5) is 11.4 Å². The van der Waals surface area contributed by atoms with Gasteiger partial charge in [-0.05, 0) is 86.8 Å². The lowest BCUT2D eigenvalue weighted by Gasteiger charge is -2.16. The first-order valence-electron chi connectivity index (χ1n) is 19.0. The average molecular weight is 850 g/mol. The zero-order valence-corrected chi connectivity index (χ0v) is 34.1. The summed E-state index contributed by atoms with van der Waals surface area (Å²) >= 11 is 3.58. The number of rotatable bonds is 15. The van der Waals surface area contributed by atoms with Gasteiger partial charge < -0.3 is 25.2 Å². The summed E-state index contributed by atoms with van der Waals surface area (Å²) in [5.74, 6) is 0.121. The summed E-state index contributed by atoms with van der Waals surface area (Å²) in [6.45, 7) is 3.38. The molecule has 58 heavy (non-hydrogen) atoms. The first kappa shape index (κ1) is 41.7. The Bertz CT molecular complexity index is 2240. The van der Waals surface area contributed by atoms with E-state index in [1.165, 1.54) is 14.0 Å². The topological polar surface area (TPSA) is 189 Å². The lowest BCUT2D eigenvalue weighted by molar-refractivity contribution is -0.143. The van der Waals surface area contributed by atoms with Gasteiger partial charge in [0.25, 0.3) is 0 Å². The predicted molar refractivity (Wildman–Crippen MR) is 227 cm³/mol. The van der Waals surface area contributed by atoms with Crippen LogP contribution >= 0.6 is 15.9 Å². The number of esters is 2. The molecule has 0 fully saturated rings. The molecule has 0 amide bonds. The van der Waals surface area contributed by atoms with Crippen molar-refractivity contribution in [1.82, 2.24) is 9.97 Å². The molecular weight excluding hydrogens is 804 g/mol. The van der Waals surface area contributed by atoms with Crippen LogP contribution in [0.15, 0.2) is 110 Å². The standard InChI is InChI=1S/C43H45BrN8O6/c1-26(53)24-47-42-36(14-16-38(55)57-3)49-40(34-8-4-6-19-45-34)30-22-28(10-12-32(30)51-42)18-21-58-39(56)17-15-37-43(48-25-27(2)54)52-33-13-11-29(44)23-31(33)41(50-37)35-9-5-7-20-46-35/h4-13,19-20,22-23,27,36-37,54H,14-18,21,24-25H2,1-3H3,(H,47,51)(H,48,52)/t27-,36+,37+/m1/s1. The second kappa shape index (κ2) is 20.0. The number of halogens is 1. The molecule has 4 aromatic rings. The first-order chi connectivity index (χ1) is 28.1. The Kier molecular flexibility index (Phi) is 14.4. The number of fused-ring (bicyclic) bond motifs is 2. The third kappa shape index (κ3) is 11.1. The molecule has 14 nitrogen and oxygen atoms in total. The van der Waals surface area contributed by atoms with E-state index in [1.807, 2.05) is 72.8 Å². The van der Waals surface area contributed by atoms with E-state index in [0.29, 0.717) is 59.4 Å². The summed E-state index contributed by atoms with van der Waals surface area (Å²) < 4.78 is 11.5. The first-order valence-corrected chi connectivity index (χ1v) is 19.8. The number of aromatic nitrogens is 2. The summed E-state index contributed by atoms with van der Waals surface area (Å²) in [6, 6.07) is 21.7. The Morgan fingerprint density at radius 2 is 1.40 bits per heavy atom. The van der Waals surface area contributed by atoms with Gasteiger partial charge in [0.2, 0.25) is 0 Å². The SMILES string of the molecule is COC(=O)CC[C@@H]1N=C(c2ccccn2)c2cc(CCOC(=O)CC[C@@H]3N=C(c4ccccn4)c4cc(Br)ccc4NC3=NC[C@@H](C)O)ccc2NC1=NCC(C)=O. The lowest BCUT2D eigenvalue weighted by Crippen LogP contribution is -2.28. The number of methoxy groups -OCH3 is 1. The number of carbonyl (C=O) groups is 3. The Hall–Kier alpha value is -5.93. The molecule has 15 heteroatoms. The van der Waals surface area contributed by atoms with Gasteiger partial charge in [-0.15, -0.1) is 0 Å². The van der Waals surface area contributed by atoms with Crippen LogP contribution < -0.4 is 10.6 Å². The third-order valence-electron chi connectivity index (χ3n) is 9.24. The van der Waals surface area contributed by atoms with Crippen LogP contribution in [0.5, 0.6) is 0 Å². The van der Waals surface area contributed by atoms with Gasteiger partial charge in [-0.25, -0.2) is 0 Å². The molecule has 0 bridgehead atoms. The molecule has 3 atom stereocenters. The number of ether oxygens (including phenoxy) is 2. The number of nitrogens with zero attached hydrogens (tertiary/aromatic N) is 6. The van der Waals surface area contributed by atoms with Crippen molar-refractivity contribution in [3.8, 4) is 0 Å². The van der Waals surface area contributed by atoms with Crippen LogP contribution in [0.3, 0.4) is 0 Å². The quantitative estimate of drug-likeness (QED) is 0.124. The minimum Gasteiger partial charge on any atom is -0.469 e.